The molecule has 3 atom stereocenters. The highest BCUT2D eigenvalue weighted by molar-refractivity contribution is 5.98. The van der Waals surface area contributed by atoms with Crippen LogP contribution >= 0.6 is 0 Å². The Kier molecular flexibility index (Phi) is 9.05. The molecule has 0 fully saturated rings. The molecule has 29 heavy (non-hydrogen) atoms. The maximum absolute atomic E-state index is 12.5. The second kappa shape index (κ2) is 11.0. The zero-order valence-corrected chi connectivity index (χ0v) is 17.5. The van der Waals surface area contributed by atoms with Crippen LogP contribution in [-0.4, -0.2) is 49.2 Å². The van der Waals surface area contributed by atoms with Crippen molar-refractivity contribution in [1.29, 1.82) is 0 Å². The lowest BCUT2D eigenvalue weighted by Gasteiger charge is -2.20. The predicted octanol–water partition coefficient (Wildman–Crippen LogP) is 1.19. The molecule has 0 radical (unpaired) electrons. The number of benzene rings is 1. The molecule has 0 saturated heterocycles. The average Bonchev–Trinajstić information content (AvgIpc) is 2.66. The van der Waals surface area contributed by atoms with Gasteiger partial charge in [-0.1, -0.05) is 6.08 Å². The molecule has 0 aliphatic carbocycles. The van der Waals surface area contributed by atoms with Gasteiger partial charge in [0, 0.05) is 12.0 Å². The number of rotatable bonds is 10. The number of ether oxygens (including phenoxy) is 1. The Balaban J connectivity index is 2.69. The van der Waals surface area contributed by atoms with Crippen LogP contribution in [0, 0.1) is 13.8 Å². The van der Waals surface area contributed by atoms with Gasteiger partial charge >= 0.3 is 0 Å². The molecule has 1 rings (SSSR count). The van der Waals surface area contributed by atoms with Crippen LogP contribution in [0.15, 0.2) is 24.8 Å². The highest BCUT2D eigenvalue weighted by Gasteiger charge is 2.23. The van der Waals surface area contributed by atoms with Crippen molar-refractivity contribution in [3.8, 4) is 5.75 Å². The van der Waals surface area contributed by atoms with Crippen LogP contribution < -0.4 is 20.7 Å². The van der Waals surface area contributed by atoms with Crippen molar-refractivity contribution >= 4 is 24.0 Å². The number of hydrogen-bond acceptors (Lipinski definition) is 5. The third-order valence-electron chi connectivity index (χ3n) is 4.38. The standard InChI is InChI=1S/C21H29N3O5/c1-7-17(8-9-25)24-20(27)15(5)22-19(26)14(4)23-21(28)16-10-12(2)18(29-6)13(3)11-16/h7,9-11,14-15,17H,1,8H2,2-6H3,(H,22,26)(H,23,28)(H,24,27)/t14-,15-,17+/m0/s1. The van der Waals surface area contributed by atoms with E-state index in [0.717, 1.165) is 11.1 Å². The quantitative estimate of drug-likeness (QED) is 0.401. The summed E-state index contributed by atoms with van der Waals surface area (Å²) in [5.74, 6) is -0.658. The molecule has 0 bridgehead atoms. The van der Waals surface area contributed by atoms with Crippen molar-refractivity contribution in [3.63, 3.8) is 0 Å². The SMILES string of the molecule is C=C[C@H](CC=O)NC(=O)[C@H](C)NC(=O)[C@H](C)NC(=O)c1cc(C)c(OC)c(C)c1. The maximum atomic E-state index is 12.5. The van der Waals surface area contributed by atoms with Gasteiger partial charge in [-0.05, 0) is 51.0 Å². The highest BCUT2D eigenvalue weighted by atomic mass is 16.5. The molecule has 1 aromatic rings. The van der Waals surface area contributed by atoms with E-state index in [1.807, 2.05) is 13.8 Å². The summed E-state index contributed by atoms with van der Waals surface area (Å²) in [6, 6.07) is 1.17. The molecule has 1 aromatic carbocycles. The molecule has 3 N–H and O–H groups in total. The van der Waals surface area contributed by atoms with E-state index in [0.29, 0.717) is 17.6 Å². The fourth-order valence-electron chi connectivity index (χ4n) is 2.78. The van der Waals surface area contributed by atoms with Crippen LogP contribution in [-0.2, 0) is 14.4 Å². The number of aryl methyl sites for hydroxylation is 2. The third kappa shape index (κ3) is 6.74. The van der Waals surface area contributed by atoms with Crippen molar-refractivity contribution in [2.24, 2.45) is 0 Å². The second-order valence-electron chi connectivity index (χ2n) is 6.82. The van der Waals surface area contributed by atoms with Crippen molar-refractivity contribution in [3.05, 3.63) is 41.5 Å². The summed E-state index contributed by atoms with van der Waals surface area (Å²) in [5, 5.41) is 7.76. The fourth-order valence-corrected chi connectivity index (χ4v) is 2.78. The molecule has 8 heteroatoms. The molecule has 0 aromatic heterocycles. The van der Waals surface area contributed by atoms with Gasteiger partial charge < -0.3 is 25.5 Å². The van der Waals surface area contributed by atoms with E-state index >= 15 is 0 Å². The van der Waals surface area contributed by atoms with Crippen LogP contribution in [0.4, 0.5) is 0 Å². The van der Waals surface area contributed by atoms with Crippen molar-refractivity contribution in [2.45, 2.75) is 52.2 Å². The summed E-state index contributed by atoms with van der Waals surface area (Å²) in [6.45, 7) is 10.3. The second-order valence-corrected chi connectivity index (χ2v) is 6.82. The number of aldehydes is 1. The lowest BCUT2D eigenvalue weighted by atomic mass is 10.0. The molecular weight excluding hydrogens is 374 g/mol. The first-order valence-corrected chi connectivity index (χ1v) is 9.27. The van der Waals surface area contributed by atoms with Crippen molar-refractivity contribution in [1.82, 2.24) is 16.0 Å². The van der Waals surface area contributed by atoms with E-state index in [4.69, 9.17) is 4.74 Å². The molecule has 0 aliphatic rings. The molecule has 8 nitrogen and oxygen atoms in total. The number of hydrogen-bond donors (Lipinski definition) is 3. The zero-order chi connectivity index (χ0) is 22.1. The Labute approximate surface area is 171 Å². The molecule has 0 unspecified atom stereocenters. The minimum Gasteiger partial charge on any atom is -0.496 e. The van der Waals surface area contributed by atoms with E-state index < -0.39 is 35.8 Å². The zero-order valence-electron chi connectivity index (χ0n) is 17.5. The lowest BCUT2D eigenvalue weighted by molar-refractivity contribution is -0.129. The summed E-state index contributed by atoms with van der Waals surface area (Å²) in [7, 11) is 1.56. The van der Waals surface area contributed by atoms with E-state index in [1.165, 1.54) is 19.9 Å². The molecule has 0 heterocycles. The van der Waals surface area contributed by atoms with E-state index in [9.17, 15) is 19.2 Å². The lowest BCUT2D eigenvalue weighted by Crippen LogP contribution is -2.52. The van der Waals surface area contributed by atoms with Gasteiger partial charge in [0.05, 0.1) is 13.2 Å². The van der Waals surface area contributed by atoms with Crippen LogP contribution in [0.1, 0.15) is 41.8 Å². The van der Waals surface area contributed by atoms with Gasteiger partial charge in [0.25, 0.3) is 5.91 Å². The van der Waals surface area contributed by atoms with Gasteiger partial charge in [-0.3, -0.25) is 14.4 Å². The normalized spacial score (nSPS) is 13.4. The smallest absolute Gasteiger partial charge is 0.251 e. The first kappa shape index (κ1) is 23.9. The van der Waals surface area contributed by atoms with Crippen LogP contribution in [0.3, 0.4) is 0 Å². The van der Waals surface area contributed by atoms with Crippen LogP contribution in [0.5, 0.6) is 5.75 Å². The Bertz CT molecular complexity index is 768. The minimum absolute atomic E-state index is 0.100. The monoisotopic (exact) mass is 403 g/mol. The van der Waals surface area contributed by atoms with Crippen molar-refractivity contribution < 1.29 is 23.9 Å². The molecule has 0 aliphatic heterocycles. The Morgan fingerprint density at radius 3 is 2.03 bits per heavy atom. The summed E-state index contributed by atoms with van der Waals surface area (Å²) in [4.78, 5) is 47.5. The van der Waals surface area contributed by atoms with Crippen molar-refractivity contribution in [2.75, 3.05) is 7.11 Å². The van der Waals surface area contributed by atoms with Gasteiger partial charge in [0.15, 0.2) is 0 Å². The van der Waals surface area contributed by atoms with Gasteiger partial charge in [-0.2, -0.15) is 0 Å². The largest absolute Gasteiger partial charge is 0.496 e. The first-order chi connectivity index (χ1) is 13.6. The van der Waals surface area contributed by atoms with E-state index in [1.54, 1.807) is 19.2 Å². The summed E-state index contributed by atoms with van der Waals surface area (Å²) in [6.07, 6.45) is 2.22. The van der Waals surface area contributed by atoms with Gasteiger partial charge in [0.2, 0.25) is 11.8 Å². The van der Waals surface area contributed by atoms with Gasteiger partial charge in [0.1, 0.15) is 24.1 Å². The van der Waals surface area contributed by atoms with Crippen LogP contribution in [0.2, 0.25) is 0 Å². The topological polar surface area (TPSA) is 114 Å². The van der Waals surface area contributed by atoms with Gasteiger partial charge in [-0.25, -0.2) is 0 Å². The summed E-state index contributed by atoms with van der Waals surface area (Å²) >= 11 is 0. The number of carbonyl (C=O) groups is 4. The Hall–Kier alpha value is -3.16. The molecule has 0 saturated carbocycles. The number of methoxy groups -OCH3 is 1. The molecule has 3 amide bonds. The number of carbonyl (C=O) groups excluding carboxylic acids is 4. The molecular formula is C21H29N3O5. The minimum atomic E-state index is -0.856. The van der Waals surface area contributed by atoms with Crippen LogP contribution in [0.25, 0.3) is 0 Å². The predicted molar refractivity (Wildman–Crippen MR) is 110 cm³/mol. The highest BCUT2D eigenvalue weighted by Crippen LogP contribution is 2.24. The van der Waals surface area contributed by atoms with Gasteiger partial charge in [-0.15, -0.1) is 6.58 Å². The fraction of sp³-hybridized carbons (Fsp3) is 0.429. The number of amides is 3. The Morgan fingerprint density at radius 1 is 1.03 bits per heavy atom. The first-order valence-electron chi connectivity index (χ1n) is 9.27. The summed E-state index contributed by atoms with van der Waals surface area (Å²) < 4.78 is 5.29. The molecule has 158 valence electrons. The maximum Gasteiger partial charge on any atom is 0.251 e. The number of nitrogens with one attached hydrogen (secondary N) is 3. The third-order valence-corrected chi connectivity index (χ3v) is 4.38. The summed E-state index contributed by atoms with van der Waals surface area (Å²) in [5.41, 5.74) is 2.04. The average molecular weight is 403 g/mol. The molecule has 0 spiro atoms. The van der Waals surface area contributed by atoms with E-state index in [-0.39, 0.29) is 6.42 Å². The Morgan fingerprint density at radius 2 is 1.55 bits per heavy atom. The van der Waals surface area contributed by atoms with E-state index in [2.05, 4.69) is 22.5 Å².